The molecule has 0 aromatic heterocycles. The molecule has 1 aliphatic heterocycles. The highest BCUT2D eigenvalue weighted by Crippen LogP contribution is 2.21. The first-order valence-electron chi connectivity index (χ1n) is 6.28. The molecule has 1 heterocycles. The van der Waals surface area contributed by atoms with Gasteiger partial charge in [-0.05, 0) is 19.4 Å². The summed E-state index contributed by atoms with van der Waals surface area (Å²) in [5.74, 6) is -0.208. The van der Waals surface area contributed by atoms with Gasteiger partial charge in [0.15, 0.2) is 0 Å². The van der Waals surface area contributed by atoms with Crippen LogP contribution in [0.3, 0.4) is 0 Å². The second-order valence-corrected chi connectivity index (χ2v) is 4.05. The standard InChI is InChI=1S/C13H22O3/c1-3-5-6-7-8-12-11(9-10-16-12)13(14)15-4-2/h9,12H,3-8,10H2,1-2H3. The average molecular weight is 226 g/mol. The predicted octanol–water partition coefficient (Wildman–Crippen LogP) is 2.85. The average Bonchev–Trinajstić information content (AvgIpc) is 2.73. The zero-order valence-electron chi connectivity index (χ0n) is 10.3. The lowest BCUT2D eigenvalue weighted by Crippen LogP contribution is -2.18. The van der Waals surface area contributed by atoms with Gasteiger partial charge in [0.1, 0.15) is 0 Å². The zero-order valence-corrected chi connectivity index (χ0v) is 10.3. The van der Waals surface area contributed by atoms with Crippen molar-refractivity contribution < 1.29 is 14.3 Å². The molecule has 1 unspecified atom stereocenters. The number of unbranched alkanes of at least 4 members (excludes halogenated alkanes) is 3. The lowest BCUT2D eigenvalue weighted by atomic mass is 10.0. The first-order valence-corrected chi connectivity index (χ1v) is 6.28. The molecule has 0 radical (unpaired) electrons. The lowest BCUT2D eigenvalue weighted by Gasteiger charge is -2.13. The van der Waals surface area contributed by atoms with E-state index in [2.05, 4.69) is 6.92 Å². The van der Waals surface area contributed by atoms with Crippen molar-refractivity contribution in [2.45, 2.75) is 52.1 Å². The van der Waals surface area contributed by atoms with Crippen LogP contribution in [0.1, 0.15) is 46.0 Å². The molecule has 1 atom stereocenters. The minimum absolute atomic E-state index is 0.0316. The summed E-state index contributed by atoms with van der Waals surface area (Å²) in [5.41, 5.74) is 0.721. The summed E-state index contributed by atoms with van der Waals surface area (Å²) in [6.07, 6.45) is 7.57. The van der Waals surface area contributed by atoms with Crippen molar-refractivity contribution in [1.29, 1.82) is 0 Å². The van der Waals surface area contributed by atoms with Gasteiger partial charge in [0.25, 0.3) is 0 Å². The maximum atomic E-state index is 11.6. The van der Waals surface area contributed by atoms with E-state index in [4.69, 9.17) is 9.47 Å². The molecule has 92 valence electrons. The number of rotatable bonds is 7. The second-order valence-electron chi connectivity index (χ2n) is 4.05. The molecule has 0 saturated heterocycles. The van der Waals surface area contributed by atoms with E-state index in [9.17, 15) is 4.79 Å². The molecule has 0 aromatic carbocycles. The van der Waals surface area contributed by atoms with Crippen molar-refractivity contribution >= 4 is 5.97 Å². The number of hydrogen-bond donors (Lipinski definition) is 0. The summed E-state index contributed by atoms with van der Waals surface area (Å²) in [7, 11) is 0. The lowest BCUT2D eigenvalue weighted by molar-refractivity contribution is -0.139. The van der Waals surface area contributed by atoms with Gasteiger partial charge in [0, 0.05) is 0 Å². The van der Waals surface area contributed by atoms with E-state index >= 15 is 0 Å². The molecule has 0 N–H and O–H groups in total. The van der Waals surface area contributed by atoms with E-state index in [0.29, 0.717) is 13.2 Å². The third kappa shape index (κ3) is 3.97. The van der Waals surface area contributed by atoms with Crippen LogP contribution in [0.15, 0.2) is 11.6 Å². The minimum atomic E-state index is -0.208. The summed E-state index contributed by atoms with van der Waals surface area (Å²) in [6, 6.07) is 0. The summed E-state index contributed by atoms with van der Waals surface area (Å²) >= 11 is 0. The number of carbonyl (C=O) groups excluding carboxylic acids is 1. The predicted molar refractivity (Wildman–Crippen MR) is 63.2 cm³/mol. The minimum Gasteiger partial charge on any atom is -0.463 e. The largest absolute Gasteiger partial charge is 0.463 e. The van der Waals surface area contributed by atoms with Crippen LogP contribution < -0.4 is 0 Å². The highest BCUT2D eigenvalue weighted by molar-refractivity contribution is 5.90. The van der Waals surface area contributed by atoms with Crippen LogP contribution in [0.2, 0.25) is 0 Å². The molecule has 0 fully saturated rings. The van der Waals surface area contributed by atoms with Gasteiger partial charge >= 0.3 is 5.97 Å². The molecule has 0 saturated carbocycles. The Morgan fingerprint density at radius 3 is 2.94 bits per heavy atom. The van der Waals surface area contributed by atoms with Crippen molar-refractivity contribution in [3.8, 4) is 0 Å². The Bertz CT molecular complexity index is 246. The molecule has 0 spiro atoms. The molecular formula is C13H22O3. The Kier molecular flexibility index (Phi) is 6.16. The first-order chi connectivity index (χ1) is 7.79. The van der Waals surface area contributed by atoms with Crippen LogP contribution in [-0.4, -0.2) is 25.3 Å². The molecule has 3 heteroatoms. The smallest absolute Gasteiger partial charge is 0.336 e. The number of carbonyl (C=O) groups is 1. The summed E-state index contributed by atoms with van der Waals surface area (Å²) in [5, 5.41) is 0. The molecule has 0 aromatic rings. The van der Waals surface area contributed by atoms with Crippen LogP contribution in [0.5, 0.6) is 0 Å². The maximum Gasteiger partial charge on any atom is 0.336 e. The van der Waals surface area contributed by atoms with Gasteiger partial charge in [0.2, 0.25) is 0 Å². The molecule has 0 aliphatic carbocycles. The maximum absolute atomic E-state index is 11.6. The Hall–Kier alpha value is -0.830. The number of esters is 1. The topological polar surface area (TPSA) is 35.5 Å². The fourth-order valence-electron chi connectivity index (χ4n) is 1.90. The van der Waals surface area contributed by atoms with Crippen LogP contribution in [0, 0.1) is 0 Å². The van der Waals surface area contributed by atoms with E-state index in [1.54, 1.807) is 0 Å². The fraction of sp³-hybridized carbons (Fsp3) is 0.769. The van der Waals surface area contributed by atoms with Crippen molar-refractivity contribution in [3.63, 3.8) is 0 Å². The fourth-order valence-corrected chi connectivity index (χ4v) is 1.90. The van der Waals surface area contributed by atoms with Crippen molar-refractivity contribution in [2.75, 3.05) is 13.2 Å². The summed E-state index contributed by atoms with van der Waals surface area (Å²) in [6.45, 7) is 4.99. The van der Waals surface area contributed by atoms with Gasteiger partial charge in [-0.2, -0.15) is 0 Å². The zero-order chi connectivity index (χ0) is 11.8. The SMILES string of the molecule is CCCCCCC1OCC=C1C(=O)OCC. The van der Waals surface area contributed by atoms with Crippen LogP contribution in [0.25, 0.3) is 0 Å². The Labute approximate surface area is 97.8 Å². The van der Waals surface area contributed by atoms with Crippen LogP contribution in [0.4, 0.5) is 0 Å². The first kappa shape index (κ1) is 13.2. The summed E-state index contributed by atoms with van der Waals surface area (Å²) < 4.78 is 10.5. The molecule has 0 amide bonds. The van der Waals surface area contributed by atoms with E-state index in [0.717, 1.165) is 18.4 Å². The van der Waals surface area contributed by atoms with Gasteiger partial charge in [-0.1, -0.05) is 32.6 Å². The molecule has 1 aliphatic rings. The molecule has 1 rings (SSSR count). The van der Waals surface area contributed by atoms with Crippen LogP contribution in [-0.2, 0) is 14.3 Å². The molecular weight excluding hydrogens is 204 g/mol. The monoisotopic (exact) mass is 226 g/mol. The molecule has 16 heavy (non-hydrogen) atoms. The van der Waals surface area contributed by atoms with E-state index in [-0.39, 0.29) is 12.1 Å². The number of ether oxygens (including phenoxy) is 2. The van der Waals surface area contributed by atoms with E-state index in [1.165, 1.54) is 19.3 Å². The van der Waals surface area contributed by atoms with Gasteiger partial charge < -0.3 is 9.47 Å². The third-order valence-electron chi connectivity index (χ3n) is 2.78. The van der Waals surface area contributed by atoms with Crippen molar-refractivity contribution in [3.05, 3.63) is 11.6 Å². The Balaban J connectivity index is 2.31. The highest BCUT2D eigenvalue weighted by atomic mass is 16.5. The quantitative estimate of drug-likeness (QED) is 0.494. The van der Waals surface area contributed by atoms with Gasteiger partial charge in [-0.15, -0.1) is 0 Å². The second kappa shape index (κ2) is 7.44. The van der Waals surface area contributed by atoms with Gasteiger partial charge in [-0.3, -0.25) is 0 Å². The third-order valence-corrected chi connectivity index (χ3v) is 2.78. The molecule has 0 bridgehead atoms. The Morgan fingerprint density at radius 1 is 1.44 bits per heavy atom. The number of hydrogen-bond acceptors (Lipinski definition) is 3. The van der Waals surface area contributed by atoms with Crippen molar-refractivity contribution in [2.24, 2.45) is 0 Å². The normalized spacial score (nSPS) is 19.6. The van der Waals surface area contributed by atoms with Gasteiger partial charge in [-0.25, -0.2) is 4.79 Å². The van der Waals surface area contributed by atoms with Crippen LogP contribution >= 0.6 is 0 Å². The Morgan fingerprint density at radius 2 is 2.25 bits per heavy atom. The van der Waals surface area contributed by atoms with Crippen molar-refractivity contribution in [1.82, 2.24) is 0 Å². The summed E-state index contributed by atoms with van der Waals surface area (Å²) in [4.78, 5) is 11.6. The highest BCUT2D eigenvalue weighted by Gasteiger charge is 2.26. The van der Waals surface area contributed by atoms with E-state index in [1.807, 2.05) is 13.0 Å². The van der Waals surface area contributed by atoms with Gasteiger partial charge in [0.05, 0.1) is 24.9 Å². The van der Waals surface area contributed by atoms with E-state index < -0.39 is 0 Å². The molecule has 3 nitrogen and oxygen atoms in total.